The Kier molecular flexibility index (Phi) is 3.59. The van der Waals surface area contributed by atoms with Crippen molar-refractivity contribution in [3.05, 3.63) is 0 Å². The summed E-state index contributed by atoms with van der Waals surface area (Å²) in [5.41, 5.74) is 0. The molecule has 0 bridgehead atoms. The highest BCUT2D eigenvalue weighted by Crippen LogP contribution is 2.41. The van der Waals surface area contributed by atoms with Crippen LogP contribution in [0.2, 0.25) is 0 Å². The van der Waals surface area contributed by atoms with Gasteiger partial charge in [-0.25, -0.2) is 0 Å². The van der Waals surface area contributed by atoms with E-state index in [1.54, 1.807) is 0 Å². The molecule has 0 aromatic rings. The number of nitrogens with one attached hydrogen (secondary N) is 1. The van der Waals surface area contributed by atoms with E-state index in [-0.39, 0.29) is 0 Å². The van der Waals surface area contributed by atoms with Crippen molar-refractivity contribution in [2.45, 2.75) is 25.5 Å². The van der Waals surface area contributed by atoms with E-state index in [1.807, 2.05) is 0 Å². The Hall–Kier alpha value is 0.310. The van der Waals surface area contributed by atoms with Crippen LogP contribution >= 0.6 is 10.2 Å². The first-order valence-electron chi connectivity index (χ1n) is 3.45. The van der Waals surface area contributed by atoms with Crippen molar-refractivity contribution in [2.75, 3.05) is 19.6 Å². The molecule has 58 valence electrons. The molecule has 0 heterocycles. The Bertz CT molecular complexity index is 81.0. The maximum Gasteiger partial charge on any atom is -0.00315 e. The fourth-order valence-corrected chi connectivity index (χ4v) is 1.85. The lowest BCUT2D eigenvalue weighted by molar-refractivity contribution is 0.884. The van der Waals surface area contributed by atoms with Crippen LogP contribution in [0.4, 0.5) is 0 Å². The largest absolute Gasteiger partial charge is 0.284 e. The highest BCUT2D eigenvalue weighted by atomic mass is 32.3. The molecule has 0 spiro atoms. The topological polar surface area (TPSA) is 12.0 Å². The predicted octanol–water partition coefficient (Wildman–Crippen LogP) is 1.98. The second-order valence-electron chi connectivity index (χ2n) is 2.83. The molecule has 0 aliphatic rings. The quantitative estimate of drug-likeness (QED) is 0.647. The van der Waals surface area contributed by atoms with Crippen molar-refractivity contribution in [1.82, 2.24) is 4.72 Å². The molecule has 1 N–H and O–H groups in total. The van der Waals surface area contributed by atoms with Crippen LogP contribution in [0.3, 0.4) is 0 Å². The lowest BCUT2D eigenvalue weighted by Crippen LogP contribution is -2.23. The molecular formula is C7H19NS. The van der Waals surface area contributed by atoms with Gasteiger partial charge in [-0.2, -0.15) is 10.2 Å². The molecule has 1 atom stereocenters. The van der Waals surface area contributed by atoms with Crippen LogP contribution in [0, 0.1) is 0 Å². The first-order valence-corrected chi connectivity index (χ1v) is 5.96. The van der Waals surface area contributed by atoms with Gasteiger partial charge in [0.15, 0.2) is 0 Å². The van der Waals surface area contributed by atoms with Crippen molar-refractivity contribution in [3.8, 4) is 0 Å². The van der Waals surface area contributed by atoms with Gasteiger partial charge in [-0.3, -0.25) is 4.72 Å². The monoisotopic (exact) mass is 149 g/mol. The Balaban J connectivity index is 3.80. The number of rotatable bonds is 3. The van der Waals surface area contributed by atoms with E-state index < -0.39 is 10.2 Å². The van der Waals surface area contributed by atoms with Gasteiger partial charge >= 0.3 is 0 Å². The molecule has 0 saturated heterocycles. The maximum absolute atomic E-state index is 3.38. The van der Waals surface area contributed by atoms with Crippen LogP contribution in [-0.2, 0) is 0 Å². The van der Waals surface area contributed by atoms with Gasteiger partial charge in [-0.1, -0.05) is 13.8 Å². The van der Waals surface area contributed by atoms with Crippen molar-refractivity contribution in [3.63, 3.8) is 0 Å². The maximum atomic E-state index is 3.38. The van der Waals surface area contributed by atoms with Gasteiger partial charge in [-0.05, 0) is 31.2 Å². The molecular weight excluding hydrogens is 130 g/mol. The zero-order valence-electron chi connectivity index (χ0n) is 7.19. The smallest absolute Gasteiger partial charge is 0.00315 e. The van der Waals surface area contributed by atoms with E-state index >= 15 is 0 Å². The molecule has 0 amide bonds. The molecule has 0 saturated carbocycles. The lowest BCUT2D eigenvalue weighted by atomic mass is 10.4. The highest BCUT2D eigenvalue weighted by molar-refractivity contribution is 8.31. The van der Waals surface area contributed by atoms with Crippen molar-refractivity contribution in [2.24, 2.45) is 0 Å². The molecule has 0 aromatic heterocycles. The first kappa shape index (κ1) is 9.31. The van der Waals surface area contributed by atoms with E-state index in [9.17, 15) is 0 Å². The molecule has 2 heteroatoms. The normalized spacial score (nSPS) is 17.4. The Morgan fingerprint density at radius 1 is 1.44 bits per heavy atom. The van der Waals surface area contributed by atoms with E-state index in [0.29, 0.717) is 0 Å². The minimum absolute atomic E-state index is 0.498. The minimum Gasteiger partial charge on any atom is -0.284 e. The molecule has 9 heavy (non-hydrogen) atoms. The molecule has 0 fully saturated rings. The Morgan fingerprint density at radius 2 is 1.89 bits per heavy atom. The molecule has 1 nitrogen and oxygen atoms in total. The third-order valence-corrected chi connectivity index (χ3v) is 5.50. The van der Waals surface area contributed by atoms with Crippen LogP contribution in [0.1, 0.15) is 20.3 Å². The zero-order chi connectivity index (χ0) is 7.49. The second-order valence-corrected chi connectivity index (χ2v) is 6.85. The fourth-order valence-electron chi connectivity index (χ4n) is 0.618. The van der Waals surface area contributed by atoms with Crippen molar-refractivity contribution in [1.29, 1.82) is 0 Å². The van der Waals surface area contributed by atoms with Crippen molar-refractivity contribution < 1.29 is 0 Å². The van der Waals surface area contributed by atoms with Crippen LogP contribution in [0.25, 0.3) is 0 Å². The highest BCUT2D eigenvalue weighted by Gasteiger charge is 2.15. The molecule has 0 aliphatic heterocycles. The molecule has 1 unspecified atom stereocenters. The van der Waals surface area contributed by atoms with E-state index in [1.165, 1.54) is 6.42 Å². The van der Waals surface area contributed by atoms with Gasteiger partial charge in [-0.15, -0.1) is 0 Å². The summed E-state index contributed by atoms with van der Waals surface area (Å²) >= 11 is 0. The summed E-state index contributed by atoms with van der Waals surface area (Å²) in [6.45, 7) is 4.56. The fraction of sp³-hybridized carbons (Fsp3) is 1.00. The standard InChI is InChI=1S/C7H19NS/c1-6-7(2)9(4,5)8-3/h7-8H,6H2,1-5H3. The summed E-state index contributed by atoms with van der Waals surface area (Å²) in [6.07, 6.45) is 5.92. The number of hydrogen-bond acceptors (Lipinski definition) is 1. The average Bonchev–Trinajstić information content (AvgIpc) is 1.86. The summed E-state index contributed by atoms with van der Waals surface area (Å²) in [4.78, 5) is 0. The minimum atomic E-state index is -0.498. The van der Waals surface area contributed by atoms with E-state index in [0.717, 1.165) is 5.25 Å². The summed E-state index contributed by atoms with van der Waals surface area (Å²) in [5.74, 6) is 0. The van der Waals surface area contributed by atoms with Gasteiger partial charge in [0.05, 0.1) is 0 Å². The third kappa shape index (κ3) is 2.59. The molecule has 0 rings (SSSR count). The van der Waals surface area contributed by atoms with Crippen molar-refractivity contribution >= 4 is 10.2 Å². The second kappa shape index (κ2) is 3.47. The molecule has 0 aromatic carbocycles. The van der Waals surface area contributed by atoms with E-state index in [4.69, 9.17) is 0 Å². The predicted molar refractivity (Wildman–Crippen MR) is 48.3 cm³/mol. The summed E-state index contributed by atoms with van der Waals surface area (Å²) in [5, 5.41) is 0.836. The first-order chi connectivity index (χ1) is 4.04. The van der Waals surface area contributed by atoms with Crippen LogP contribution in [-0.4, -0.2) is 24.8 Å². The van der Waals surface area contributed by atoms with Crippen LogP contribution < -0.4 is 4.72 Å². The van der Waals surface area contributed by atoms with E-state index in [2.05, 4.69) is 38.1 Å². The van der Waals surface area contributed by atoms with Gasteiger partial charge in [0.25, 0.3) is 0 Å². The molecule has 0 aliphatic carbocycles. The van der Waals surface area contributed by atoms with Crippen LogP contribution in [0.15, 0.2) is 0 Å². The van der Waals surface area contributed by atoms with Gasteiger partial charge in [0.1, 0.15) is 0 Å². The lowest BCUT2D eigenvalue weighted by Gasteiger charge is -2.36. The summed E-state index contributed by atoms with van der Waals surface area (Å²) in [7, 11) is 1.56. The van der Waals surface area contributed by atoms with Crippen LogP contribution in [0.5, 0.6) is 0 Å². The van der Waals surface area contributed by atoms with Gasteiger partial charge < -0.3 is 0 Å². The average molecular weight is 149 g/mol. The molecule has 0 radical (unpaired) electrons. The number of hydrogen-bond donors (Lipinski definition) is 1. The van der Waals surface area contributed by atoms with Gasteiger partial charge in [0, 0.05) is 0 Å². The summed E-state index contributed by atoms with van der Waals surface area (Å²) in [6, 6.07) is 0. The zero-order valence-corrected chi connectivity index (χ0v) is 8.01. The summed E-state index contributed by atoms with van der Waals surface area (Å²) < 4.78 is 3.38. The van der Waals surface area contributed by atoms with Gasteiger partial charge in [0.2, 0.25) is 0 Å². The Labute approximate surface area is 60.7 Å². The Morgan fingerprint density at radius 3 is 2.00 bits per heavy atom. The SMILES string of the molecule is CCC(C)S(C)(C)NC. The third-order valence-electron chi connectivity index (χ3n) is 2.11.